The lowest BCUT2D eigenvalue weighted by molar-refractivity contribution is -0.113. The first kappa shape index (κ1) is 54.7. The maximum atomic E-state index is 14.0. The highest BCUT2D eigenvalue weighted by Gasteiger charge is 2.55. The number of aromatic nitrogens is 7. The minimum absolute atomic E-state index is 0.00433. The maximum absolute atomic E-state index is 14.0. The molecule has 3 unspecified atom stereocenters. The molecule has 0 aliphatic carbocycles. The van der Waals surface area contributed by atoms with Gasteiger partial charge in [0.25, 0.3) is 11.5 Å². The van der Waals surface area contributed by atoms with Crippen LogP contribution in [0.25, 0.3) is 22.2 Å². The van der Waals surface area contributed by atoms with E-state index in [1.807, 2.05) is 0 Å². The van der Waals surface area contributed by atoms with Crippen LogP contribution in [0.3, 0.4) is 0 Å². The summed E-state index contributed by atoms with van der Waals surface area (Å²) in [6.07, 6.45) is -8.40. The Labute approximate surface area is 421 Å². The van der Waals surface area contributed by atoms with Crippen LogP contribution in [0.1, 0.15) is 18.2 Å². The molecule has 5 aliphatic heterocycles. The first-order chi connectivity index (χ1) is 35.7. The molecule has 9 rings (SSSR count). The summed E-state index contributed by atoms with van der Waals surface area (Å²) in [7, 11) is -13.0. The summed E-state index contributed by atoms with van der Waals surface area (Å²) < 4.78 is 98.6. The summed E-state index contributed by atoms with van der Waals surface area (Å²) in [5, 5.41) is 29.6. The molecule has 0 spiro atoms. The number of nitrogens with two attached hydrogens (primary N) is 2. The third-order valence-electron chi connectivity index (χ3n) is 12.5. The average molecular weight is 1120 g/mol. The van der Waals surface area contributed by atoms with Gasteiger partial charge in [-0.1, -0.05) is 0 Å². The maximum Gasteiger partial charge on any atom is 0.472 e. The largest absolute Gasteiger partial charge is 0.472 e. The number of anilines is 2. The standard InChI is InChI=1S/C37H52N15O20P3/c1-63-27-25(19(10-54)68-34(27)51-14-44-23-30(51)46-36(39)48-32(23)55)71-75(61,62)66-11-17-8-50(7-16-6-41-22-21(16)42-13-43-29(22)38)9-18(17)70-74(59,60)67-12-20-26(72-73(57,58)65-5-3-4-53)28(64-2)35(69-20)52-15-45-24-31(52)47-37(40)49-33(24)56/h6,13,15,17-20,25-28,34-35,41,53-54H,3-5,7-12,14H2,1-2H3,(H,57,58)(H,59,60)(H,61,62)(H2,38,42,43)(H2,39,48,55)(H3,40,47,49,56)/t17-,18+,19-,20-,25-,26-,27-,28-,34-,35-/m1/s1. The molecule has 0 aromatic carbocycles. The van der Waals surface area contributed by atoms with E-state index in [0.717, 1.165) is 6.33 Å². The van der Waals surface area contributed by atoms with Gasteiger partial charge in [-0.05, 0) is 6.42 Å². The second-order valence-corrected chi connectivity index (χ2v) is 21.5. The fourth-order valence-corrected chi connectivity index (χ4v) is 12.1. The van der Waals surface area contributed by atoms with Gasteiger partial charge in [-0.3, -0.25) is 66.9 Å². The molecule has 38 heteroatoms. The summed E-state index contributed by atoms with van der Waals surface area (Å²) in [4.78, 5) is 91.6. The number of guanidine groups is 1. The molecule has 13 N–H and O–H groups in total. The third-order valence-corrected chi connectivity index (χ3v) is 15.5. The van der Waals surface area contributed by atoms with Crippen molar-refractivity contribution in [3.63, 3.8) is 0 Å². The number of carbonyl (C=O) groups excluding carboxylic acids is 1. The Hall–Kier alpha value is -5.10. The molecule has 75 heavy (non-hydrogen) atoms. The van der Waals surface area contributed by atoms with Crippen LogP contribution in [0.5, 0.6) is 0 Å². The normalized spacial score (nSPS) is 29.6. The molecule has 0 bridgehead atoms. The zero-order valence-electron chi connectivity index (χ0n) is 39.5. The number of amidine groups is 1. The highest BCUT2D eigenvalue weighted by atomic mass is 31.2. The topological polar surface area (TPSA) is 486 Å². The molecule has 1 amide bonds. The van der Waals surface area contributed by atoms with Crippen LogP contribution < -0.4 is 22.3 Å². The quantitative estimate of drug-likeness (QED) is 0.0268. The molecule has 9 heterocycles. The van der Waals surface area contributed by atoms with Gasteiger partial charge >= 0.3 is 23.5 Å². The number of aliphatic imine (C=N–C) groups is 2. The Morgan fingerprint density at radius 1 is 0.867 bits per heavy atom. The van der Waals surface area contributed by atoms with Gasteiger partial charge in [0.15, 0.2) is 41.0 Å². The minimum atomic E-state index is -5.25. The van der Waals surface area contributed by atoms with Gasteiger partial charge in [0, 0.05) is 58.1 Å². The lowest BCUT2D eigenvalue weighted by Crippen LogP contribution is -2.52. The number of likely N-dealkylation sites (tertiary alicyclic amines) is 1. The number of aromatic amines is 2. The van der Waals surface area contributed by atoms with Crippen LogP contribution >= 0.6 is 23.5 Å². The molecule has 410 valence electrons. The number of amides is 1. The van der Waals surface area contributed by atoms with Gasteiger partial charge < -0.3 is 65.2 Å². The molecule has 4 aromatic rings. The van der Waals surface area contributed by atoms with Gasteiger partial charge in [-0.15, -0.1) is 0 Å². The van der Waals surface area contributed by atoms with Crippen molar-refractivity contribution in [2.24, 2.45) is 15.9 Å². The summed E-state index contributed by atoms with van der Waals surface area (Å²) in [6, 6.07) is 0. The van der Waals surface area contributed by atoms with Crippen LogP contribution in [0.15, 0.2) is 33.6 Å². The lowest BCUT2D eigenvalue weighted by atomic mass is 10.1. The van der Waals surface area contributed by atoms with Crippen molar-refractivity contribution in [1.29, 1.82) is 5.41 Å². The molecule has 5 aliphatic rings. The van der Waals surface area contributed by atoms with Crippen molar-refractivity contribution < 1.29 is 89.5 Å². The Kier molecular flexibility index (Phi) is 16.1. The third kappa shape index (κ3) is 11.6. The van der Waals surface area contributed by atoms with Crippen LogP contribution in [-0.2, 0) is 71.1 Å². The van der Waals surface area contributed by atoms with Crippen molar-refractivity contribution >= 4 is 80.8 Å². The second-order valence-electron chi connectivity index (χ2n) is 17.3. The van der Waals surface area contributed by atoms with Gasteiger partial charge in [0.05, 0.1) is 44.4 Å². The molecule has 4 aromatic heterocycles. The van der Waals surface area contributed by atoms with Crippen LogP contribution in [0.4, 0.5) is 11.8 Å². The Morgan fingerprint density at radius 3 is 2.29 bits per heavy atom. The first-order valence-corrected chi connectivity index (χ1v) is 27.1. The minimum Gasteiger partial charge on any atom is -0.396 e. The lowest BCUT2D eigenvalue weighted by Gasteiger charge is -2.30. The number of carbonyl (C=O) groups is 1. The highest BCUT2D eigenvalue weighted by Crippen LogP contribution is 2.53. The van der Waals surface area contributed by atoms with Crippen LogP contribution in [-0.4, -0.2) is 209 Å². The number of phosphoric acid groups is 3. The van der Waals surface area contributed by atoms with Crippen molar-refractivity contribution in [3.8, 4) is 0 Å². The number of aliphatic hydroxyl groups excluding tert-OH is 2. The fraction of sp³-hybridized carbons (Fsp3) is 0.595. The Bertz CT molecular complexity index is 3070. The molecule has 35 nitrogen and oxygen atoms in total. The van der Waals surface area contributed by atoms with E-state index >= 15 is 0 Å². The summed E-state index contributed by atoms with van der Waals surface area (Å²) in [5.74, 6) is -2.29. The molecule has 13 atom stereocenters. The number of aliphatic hydroxyl groups is 2. The number of rotatable bonds is 23. The number of nitrogens with zero attached hydrogens (tertiary/aromatic N) is 9. The predicted molar refractivity (Wildman–Crippen MR) is 252 cm³/mol. The first-order valence-electron chi connectivity index (χ1n) is 22.6. The van der Waals surface area contributed by atoms with Crippen molar-refractivity contribution in [3.05, 3.63) is 34.8 Å². The highest BCUT2D eigenvalue weighted by molar-refractivity contribution is 7.48. The number of hydrogen-bond acceptors (Lipinski definition) is 27. The van der Waals surface area contributed by atoms with E-state index in [1.165, 1.54) is 30.0 Å². The number of nitrogens with one attached hydrogen (secondary N) is 4. The Balaban J connectivity index is 0.925. The average Bonchev–Trinajstić information content (AvgIpc) is 4.23. The number of ether oxygens (including phenoxy) is 4. The number of methoxy groups -OCH3 is 2. The molecule has 3 fully saturated rings. The number of imidazole rings is 1. The van der Waals surface area contributed by atoms with Gasteiger partial charge in [0.2, 0.25) is 11.9 Å². The van der Waals surface area contributed by atoms with E-state index < -0.39 is 128 Å². The van der Waals surface area contributed by atoms with Gasteiger partial charge in [0.1, 0.15) is 55.1 Å². The van der Waals surface area contributed by atoms with Crippen LogP contribution in [0.2, 0.25) is 0 Å². The molecule has 0 saturated carbocycles. The zero-order valence-corrected chi connectivity index (χ0v) is 42.1. The Morgan fingerprint density at radius 2 is 1.56 bits per heavy atom. The van der Waals surface area contributed by atoms with Gasteiger partial charge in [-0.25, -0.2) is 28.6 Å². The molecular weight excluding hydrogens is 1070 g/mol. The molecular formula is C37H52N15O20P3. The fourth-order valence-electron chi connectivity index (χ4n) is 9.15. The summed E-state index contributed by atoms with van der Waals surface area (Å²) >= 11 is 0. The van der Waals surface area contributed by atoms with E-state index in [4.69, 9.17) is 63.0 Å². The SMILES string of the molecule is CO[C@@H]1[C@H](OP(=O)(O)OC[C@H]2CN(Cc3c[nH]c4c(N)ncnc34)C[C@@H]2OP(=O)(O)OC[C@H]2O[C@@H](n3cnc4c(=O)[nH]c(N)nc43)[C@H](OC)[C@@H]2OP(=O)(O)OCCCO)[C@@H](CO)O[C@H]1N1CN=C2C(=O)NC(=N)N=C21. The van der Waals surface area contributed by atoms with E-state index in [1.54, 1.807) is 11.1 Å². The number of hydrogen-bond donors (Lipinski definition) is 11. The smallest absolute Gasteiger partial charge is 0.396 e. The van der Waals surface area contributed by atoms with E-state index in [-0.39, 0.29) is 73.8 Å². The van der Waals surface area contributed by atoms with Crippen molar-refractivity contribution in [2.75, 3.05) is 78.5 Å². The number of H-pyrrole nitrogens is 2. The number of phosphoric ester groups is 3. The van der Waals surface area contributed by atoms with Crippen LogP contribution in [0, 0.1) is 11.3 Å². The predicted octanol–water partition coefficient (Wildman–Crippen LogP) is -2.60. The molecule has 0 radical (unpaired) electrons. The summed E-state index contributed by atoms with van der Waals surface area (Å²) in [5.41, 5.74) is 12.3. The van der Waals surface area contributed by atoms with E-state index in [9.17, 15) is 48.2 Å². The zero-order chi connectivity index (χ0) is 53.6. The number of nitrogen functional groups attached to an aromatic ring is 2. The monoisotopic (exact) mass is 1120 g/mol. The van der Waals surface area contributed by atoms with Gasteiger partial charge in [-0.2, -0.15) is 9.98 Å². The van der Waals surface area contributed by atoms with E-state index in [0.29, 0.717) is 16.6 Å². The second kappa shape index (κ2) is 22.1. The number of fused-ring (bicyclic) bond motifs is 3. The van der Waals surface area contributed by atoms with E-state index in [2.05, 4.69) is 45.2 Å². The van der Waals surface area contributed by atoms with Crippen molar-refractivity contribution in [1.82, 2.24) is 49.6 Å². The van der Waals surface area contributed by atoms with Crippen molar-refractivity contribution in [2.45, 2.75) is 68.1 Å². The molecule has 3 saturated heterocycles. The summed E-state index contributed by atoms with van der Waals surface area (Å²) in [6.45, 7) is -3.27.